The topological polar surface area (TPSA) is 72.2 Å². The van der Waals surface area contributed by atoms with Crippen molar-refractivity contribution in [3.8, 4) is 0 Å². The van der Waals surface area contributed by atoms with Gasteiger partial charge in [0.1, 0.15) is 11.4 Å². The van der Waals surface area contributed by atoms with Gasteiger partial charge in [0.25, 0.3) is 11.7 Å². The minimum absolute atomic E-state index is 0.0484. The number of aryl methyl sites for hydroxylation is 1. The summed E-state index contributed by atoms with van der Waals surface area (Å²) in [5.41, 5.74) is 3.57. The lowest BCUT2D eigenvalue weighted by Gasteiger charge is -2.19. The molecule has 0 radical (unpaired) electrons. The van der Waals surface area contributed by atoms with E-state index in [4.69, 9.17) is 0 Å². The number of aromatic nitrogens is 4. The number of amides is 1. The van der Waals surface area contributed by atoms with E-state index >= 15 is 0 Å². The number of carbonyl (C=O) groups is 1. The zero-order valence-electron chi connectivity index (χ0n) is 18.1. The van der Waals surface area contributed by atoms with E-state index in [-0.39, 0.29) is 11.3 Å². The molecule has 6 nitrogen and oxygen atoms in total. The van der Waals surface area contributed by atoms with Crippen molar-refractivity contribution in [2.45, 2.75) is 49.5 Å². The van der Waals surface area contributed by atoms with Crippen LogP contribution in [0.25, 0.3) is 5.78 Å². The quantitative estimate of drug-likeness (QED) is 0.429. The van der Waals surface area contributed by atoms with Crippen molar-refractivity contribution in [3.05, 3.63) is 77.7 Å². The Balaban J connectivity index is 1.60. The standard InChI is InChI=1S/C24H25N5OS/c1-5-18-14-21(29-23(27-18)25-15-26-29)31-20-9-7-6-8-19(20)28-22(30)16-10-12-17(13-11-16)24(2,3)4/h6-15H,5H2,1-4H3,(H,28,30). The number of para-hydroxylation sites is 1. The largest absolute Gasteiger partial charge is 0.321 e. The van der Waals surface area contributed by atoms with E-state index in [1.54, 1.807) is 4.52 Å². The first-order valence-corrected chi connectivity index (χ1v) is 11.1. The van der Waals surface area contributed by atoms with Gasteiger partial charge >= 0.3 is 0 Å². The van der Waals surface area contributed by atoms with E-state index < -0.39 is 0 Å². The predicted octanol–water partition coefficient (Wildman–Crippen LogP) is 5.39. The van der Waals surface area contributed by atoms with Crippen molar-refractivity contribution in [1.82, 2.24) is 19.6 Å². The van der Waals surface area contributed by atoms with Gasteiger partial charge in [-0.15, -0.1) is 0 Å². The van der Waals surface area contributed by atoms with E-state index in [2.05, 4.69) is 48.1 Å². The van der Waals surface area contributed by atoms with Crippen LogP contribution >= 0.6 is 11.8 Å². The van der Waals surface area contributed by atoms with Gasteiger partial charge in [0, 0.05) is 16.2 Å². The van der Waals surface area contributed by atoms with E-state index in [1.165, 1.54) is 23.7 Å². The highest BCUT2D eigenvalue weighted by atomic mass is 32.2. The predicted molar refractivity (Wildman–Crippen MR) is 124 cm³/mol. The summed E-state index contributed by atoms with van der Waals surface area (Å²) in [4.78, 5) is 22.5. The molecule has 2 aromatic heterocycles. The molecule has 2 aromatic carbocycles. The second-order valence-electron chi connectivity index (χ2n) is 8.29. The Labute approximate surface area is 186 Å². The van der Waals surface area contributed by atoms with Crippen LogP contribution in [0.1, 0.15) is 49.3 Å². The van der Waals surface area contributed by atoms with Crippen molar-refractivity contribution in [3.63, 3.8) is 0 Å². The first-order chi connectivity index (χ1) is 14.8. The number of hydrogen-bond acceptors (Lipinski definition) is 5. The van der Waals surface area contributed by atoms with Crippen molar-refractivity contribution >= 4 is 29.1 Å². The molecule has 4 aromatic rings. The molecule has 0 unspecified atom stereocenters. The van der Waals surface area contributed by atoms with Gasteiger partial charge in [-0.1, -0.05) is 63.7 Å². The Hall–Kier alpha value is -3.19. The number of nitrogens with one attached hydrogen (secondary N) is 1. The molecule has 0 aliphatic rings. The molecule has 0 fully saturated rings. The lowest BCUT2D eigenvalue weighted by atomic mass is 9.87. The number of anilines is 1. The van der Waals surface area contributed by atoms with Gasteiger partial charge in [-0.25, -0.2) is 4.98 Å². The Kier molecular flexibility index (Phi) is 5.78. The molecule has 1 N–H and O–H groups in total. The summed E-state index contributed by atoms with van der Waals surface area (Å²) < 4.78 is 1.72. The highest BCUT2D eigenvalue weighted by Crippen LogP contribution is 2.34. The zero-order valence-corrected chi connectivity index (χ0v) is 18.9. The highest BCUT2D eigenvalue weighted by Gasteiger charge is 2.16. The van der Waals surface area contributed by atoms with Crippen LogP contribution in [0, 0.1) is 0 Å². The third kappa shape index (κ3) is 4.61. The fraction of sp³-hybridized carbons (Fsp3) is 0.250. The monoisotopic (exact) mass is 431 g/mol. The van der Waals surface area contributed by atoms with Gasteiger partial charge in [-0.05, 0) is 47.7 Å². The van der Waals surface area contributed by atoms with Crippen molar-refractivity contribution < 1.29 is 4.79 Å². The van der Waals surface area contributed by atoms with Gasteiger partial charge in [0.15, 0.2) is 0 Å². The highest BCUT2D eigenvalue weighted by molar-refractivity contribution is 7.99. The molecule has 0 saturated heterocycles. The van der Waals surface area contributed by atoms with Crippen LogP contribution in [0.3, 0.4) is 0 Å². The molecule has 7 heteroatoms. The fourth-order valence-corrected chi connectivity index (χ4v) is 4.18. The number of benzene rings is 2. The minimum Gasteiger partial charge on any atom is -0.321 e. The number of carbonyl (C=O) groups excluding carboxylic acids is 1. The SMILES string of the molecule is CCc1cc(Sc2ccccc2NC(=O)c2ccc(C(C)(C)C)cc2)n2ncnc2n1. The van der Waals surface area contributed by atoms with Gasteiger partial charge in [-0.2, -0.15) is 14.6 Å². The molecule has 0 atom stereocenters. The normalized spacial score (nSPS) is 11.6. The van der Waals surface area contributed by atoms with Crippen LogP contribution in [0.5, 0.6) is 0 Å². The second kappa shape index (κ2) is 8.51. The lowest BCUT2D eigenvalue weighted by molar-refractivity contribution is 0.102. The van der Waals surface area contributed by atoms with Crippen LogP contribution in [-0.4, -0.2) is 25.5 Å². The number of nitrogens with zero attached hydrogens (tertiary/aromatic N) is 4. The number of rotatable bonds is 5. The molecule has 158 valence electrons. The van der Waals surface area contributed by atoms with Crippen LogP contribution in [0.4, 0.5) is 5.69 Å². The molecular formula is C24H25N5OS. The van der Waals surface area contributed by atoms with Gasteiger partial charge < -0.3 is 5.32 Å². The second-order valence-corrected chi connectivity index (χ2v) is 9.35. The van der Waals surface area contributed by atoms with E-state index in [9.17, 15) is 4.79 Å². The fourth-order valence-electron chi connectivity index (χ4n) is 3.17. The molecule has 0 spiro atoms. The van der Waals surface area contributed by atoms with Gasteiger partial charge in [0.05, 0.1) is 5.69 Å². The van der Waals surface area contributed by atoms with Crippen LogP contribution in [-0.2, 0) is 11.8 Å². The summed E-state index contributed by atoms with van der Waals surface area (Å²) in [5.74, 6) is 0.436. The average Bonchev–Trinajstić information content (AvgIpc) is 3.23. The molecule has 0 aliphatic heterocycles. The van der Waals surface area contributed by atoms with Crippen LogP contribution in [0.2, 0.25) is 0 Å². The molecule has 0 saturated carbocycles. The van der Waals surface area contributed by atoms with E-state index in [0.29, 0.717) is 11.3 Å². The first kappa shape index (κ1) is 21.1. The minimum atomic E-state index is -0.136. The molecule has 31 heavy (non-hydrogen) atoms. The Bertz CT molecular complexity index is 1220. The van der Waals surface area contributed by atoms with Crippen molar-refractivity contribution in [2.75, 3.05) is 5.32 Å². The van der Waals surface area contributed by atoms with Crippen LogP contribution in [0.15, 0.2) is 70.8 Å². The molecule has 4 rings (SSSR count). The summed E-state index contributed by atoms with van der Waals surface area (Å²) in [6.07, 6.45) is 2.31. The Morgan fingerprint density at radius 1 is 1.10 bits per heavy atom. The number of fused-ring (bicyclic) bond motifs is 1. The summed E-state index contributed by atoms with van der Waals surface area (Å²) in [6.45, 7) is 8.53. The van der Waals surface area contributed by atoms with Gasteiger partial charge in [0.2, 0.25) is 0 Å². The molecule has 1 amide bonds. The smallest absolute Gasteiger partial charge is 0.255 e. The number of hydrogen-bond donors (Lipinski definition) is 1. The van der Waals surface area contributed by atoms with Crippen LogP contribution < -0.4 is 5.32 Å². The summed E-state index contributed by atoms with van der Waals surface area (Å²) in [6, 6.07) is 17.6. The lowest BCUT2D eigenvalue weighted by Crippen LogP contribution is -2.14. The molecule has 0 aliphatic carbocycles. The molecule has 2 heterocycles. The molecule has 0 bridgehead atoms. The summed E-state index contributed by atoms with van der Waals surface area (Å²) in [7, 11) is 0. The maximum absolute atomic E-state index is 12.9. The Morgan fingerprint density at radius 2 is 1.84 bits per heavy atom. The van der Waals surface area contributed by atoms with Gasteiger partial charge in [-0.3, -0.25) is 4.79 Å². The first-order valence-electron chi connectivity index (χ1n) is 10.2. The maximum atomic E-state index is 12.9. The summed E-state index contributed by atoms with van der Waals surface area (Å²) in [5, 5.41) is 8.25. The van der Waals surface area contributed by atoms with E-state index in [0.717, 1.165) is 27.7 Å². The van der Waals surface area contributed by atoms with Crippen molar-refractivity contribution in [2.24, 2.45) is 0 Å². The maximum Gasteiger partial charge on any atom is 0.255 e. The van der Waals surface area contributed by atoms with Crippen molar-refractivity contribution in [1.29, 1.82) is 0 Å². The summed E-state index contributed by atoms with van der Waals surface area (Å²) >= 11 is 1.53. The zero-order chi connectivity index (χ0) is 22.0. The van der Waals surface area contributed by atoms with E-state index in [1.807, 2.05) is 54.6 Å². The third-order valence-electron chi connectivity index (χ3n) is 5.00. The Morgan fingerprint density at radius 3 is 2.55 bits per heavy atom. The molecular weight excluding hydrogens is 406 g/mol. The third-order valence-corrected chi connectivity index (χ3v) is 6.07. The average molecular weight is 432 g/mol.